The summed E-state index contributed by atoms with van der Waals surface area (Å²) < 4.78 is 5.86. The molecule has 2 N–H and O–H groups in total. The number of benzene rings is 2. The first-order valence-electron chi connectivity index (χ1n) is 8.85. The van der Waals surface area contributed by atoms with Crippen molar-refractivity contribution in [2.24, 2.45) is 5.92 Å². The number of aromatic hydroxyl groups is 1. The third-order valence-corrected chi connectivity index (χ3v) is 5.61. The Kier molecular flexibility index (Phi) is 4.54. The van der Waals surface area contributed by atoms with Crippen molar-refractivity contribution >= 4 is 28.9 Å². The van der Waals surface area contributed by atoms with E-state index < -0.39 is 0 Å². The maximum atomic E-state index is 10.5. The summed E-state index contributed by atoms with van der Waals surface area (Å²) >= 11 is 12.4. The van der Waals surface area contributed by atoms with Gasteiger partial charge in [0.15, 0.2) is 0 Å². The van der Waals surface area contributed by atoms with Crippen molar-refractivity contribution in [1.29, 1.82) is 0 Å². The van der Waals surface area contributed by atoms with Gasteiger partial charge >= 0.3 is 0 Å². The normalized spacial score (nSPS) is 23.5. The summed E-state index contributed by atoms with van der Waals surface area (Å²) in [5.74, 6) is 1.54. The lowest BCUT2D eigenvalue weighted by Gasteiger charge is -2.38. The number of ether oxygens (including phenoxy) is 1. The highest BCUT2D eigenvalue weighted by atomic mass is 35.5. The number of phenols is 1. The van der Waals surface area contributed by atoms with Gasteiger partial charge in [-0.25, -0.2) is 0 Å². The number of anilines is 1. The highest BCUT2D eigenvalue weighted by Gasteiger charge is 2.39. The molecule has 26 heavy (non-hydrogen) atoms. The molecule has 2 aromatic carbocycles. The van der Waals surface area contributed by atoms with Crippen LogP contribution in [-0.4, -0.2) is 11.2 Å². The summed E-state index contributed by atoms with van der Waals surface area (Å²) in [6.45, 7) is 4.05. The van der Waals surface area contributed by atoms with Crippen molar-refractivity contribution in [2.75, 3.05) is 5.32 Å². The third kappa shape index (κ3) is 3.04. The van der Waals surface area contributed by atoms with Crippen molar-refractivity contribution in [1.82, 2.24) is 0 Å². The smallest absolute Gasteiger partial charge is 0.139 e. The van der Waals surface area contributed by atoms with E-state index in [0.717, 1.165) is 23.4 Å². The first-order chi connectivity index (χ1) is 12.4. The maximum absolute atomic E-state index is 10.5. The molecule has 2 aliphatic rings. The molecule has 2 aromatic rings. The number of fused-ring (bicyclic) bond motifs is 3. The Bertz CT molecular complexity index is 879. The first-order valence-corrected chi connectivity index (χ1v) is 9.61. The van der Waals surface area contributed by atoms with E-state index >= 15 is 0 Å². The van der Waals surface area contributed by atoms with Crippen LogP contribution in [-0.2, 0) is 0 Å². The maximum Gasteiger partial charge on any atom is 0.139 e. The van der Waals surface area contributed by atoms with Gasteiger partial charge in [-0.3, -0.25) is 0 Å². The summed E-state index contributed by atoms with van der Waals surface area (Å²) in [6.07, 6.45) is 5.52. The highest BCUT2D eigenvalue weighted by molar-refractivity contribution is 6.35. The van der Waals surface area contributed by atoms with Gasteiger partial charge in [-0.05, 0) is 62.1 Å². The molecule has 0 saturated heterocycles. The zero-order valence-electron chi connectivity index (χ0n) is 14.7. The van der Waals surface area contributed by atoms with Crippen molar-refractivity contribution in [3.63, 3.8) is 0 Å². The zero-order chi connectivity index (χ0) is 18.4. The van der Waals surface area contributed by atoms with Crippen molar-refractivity contribution in [2.45, 2.75) is 38.3 Å². The van der Waals surface area contributed by atoms with Gasteiger partial charge in [-0.15, -0.1) is 0 Å². The van der Waals surface area contributed by atoms with Crippen LogP contribution in [0.4, 0.5) is 5.69 Å². The molecule has 0 radical (unpaired) electrons. The molecule has 3 atom stereocenters. The van der Waals surface area contributed by atoms with E-state index in [0.29, 0.717) is 5.02 Å². The van der Waals surface area contributed by atoms with Crippen LogP contribution in [0, 0.1) is 5.92 Å². The largest absolute Gasteiger partial charge is 0.506 e. The minimum atomic E-state index is -0.0597. The fraction of sp³-hybridized carbons (Fsp3) is 0.333. The topological polar surface area (TPSA) is 41.5 Å². The van der Waals surface area contributed by atoms with Gasteiger partial charge in [0.1, 0.15) is 11.5 Å². The van der Waals surface area contributed by atoms with Crippen LogP contribution < -0.4 is 10.1 Å². The summed E-state index contributed by atoms with van der Waals surface area (Å²) in [4.78, 5) is 0. The van der Waals surface area contributed by atoms with E-state index in [4.69, 9.17) is 27.9 Å². The number of hydrogen-bond acceptors (Lipinski definition) is 3. The van der Waals surface area contributed by atoms with E-state index in [9.17, 15) is 5.11 Å². The predicted octanol–water partition coefficient (Wildman–Crippen LogP) is 6.31. The number of nitrogens with one attached hydrogen (secondary N) is 1. The third-order valence-electron chi connectivity index (χ3n) is 5.10. The standard InChI is InChI=1S/C21H21Cl2NO2/c1-11(2)26-13-6-7-19-16(10-13)14-4-3-5-15(14)20(24-19)17-8-12(22)9-18(23)21(17)25/h3-4,6-11,14-15,20,24-25H,5H2,1-2H3. The second-order valence-electron chi connectivity index (χ2n) is 7.22. The van der Waals surface area contributed by atoms with Gasteiger partial charge in [0, 0.05) is 22.2 Å². The van der Waals surface area contributed by atoms with E-state index in [2.05, 4.69) is 23.5 Å². The first kappa shape index (κ1) is 17.6. The lowest BCUT2D eigenvalue weighted by Crippen LogP contribution is -2.29. The second-order valence-corrected chi connectivity index (χ2v) is 8.06. The van der Waals surface area contributed by atoms with Gasteiger partial charge in [0.05, 0.1) is 17.2 Å². The molecule has 0 fully saturated rings. The van der Waals surface area contributed by atoms with E-state index in [1.165, 1.54) is 5.56 Å². The second kappa shape index (κ2) is 6.71. The molecule has 0 bridgehead atoms. The highest BCUT2D eigenvalue weighted by Crippen LogP contribution is 2.52. The van der Waals surface area contributed by atoms with E-state index in [1.54, 1.807) is 12.1 Å². The summed E-state index contributed by atoms with van der Waals surface area (Å²) in [6, 6.07) is 9.46. The van der Waals surface area contributed by atoms with Crippen LogP contribution in [0.25, 0.3) is 0 Å². The Morgan fingerprint density at radius 2 is 1.96 bits per heavy atom. The fourth-order valence-electron chi connectivity index (χ4n) is 4.05. The average Bonchev–Trinajstić information content (AvgIpc) is 3.07. The number of phenolic OH excluding ortho intramolecular Hbond substituents is 1. The number of allylic oxidation sites excluding steroid dienone is 2. The van der Waals surface area contributed by atoms with Gasteiger partial charge in [0.2, 0.25) is 0 Å². The molecule has 4 rings (SSSR count). The lowest BCUT2D eigenvalue weighted by molar-refractivity contribution is 0.242. The average molecular weight is 390 g/mol. The van der Waals surface area contributed by atoms with E-state index in [-0.39, 0.29) is 34.8 Å². The van der Waals surface area contributed by atoms with Crippen LogP contribution in [0.1, 0.15) is 43.4 Å². The van der Waals surface area contributed by atoms with Gasteiger partial charge in [0.25, 0.3) is 0 Å². The van der Waals surface area contributed by atoms with Crippen molar-refractivity contribution in [3.8, 4) is 11.5 Å². The molecule has 136 valence electrons. The Balaban J connectivity index is 1.76. The molecule has 0 amide bonds. The predicted molar refractivity (Wildman–Crippen MR) is 107 cm³/mol. The number of halogens is 2. The molecule has 3 unspecified atom stereocenters. The minimum absolute atomic E-state index is 0.0597. The molecular weight excluding hydrogens is 369 g/mol. The monoisotopic (exact) mass is 389 g/mol. The van der Waals surface area contributed by atoms with Crippen LogP contribution in [0.15, 0.2) is 42.5 Å². The summed E-state index contributed by atoms with van der Waals surface area (Å²) in [5, 5.41) is 14.9. The minimum Gasteiger partial charge on any atom is -0.506 e. The molecule has 0 spiro atoms. The van der Waals surface area contributed by atoms with Gasteiger partial charge in [-0.1, -0.05) is 35.4 Å². The molecular formula is C21H21Cl2NO2. The molecule has 1 aliphatic carbocycles. The molecule has 0 saturated carbocycles. The van der Waals surface area contributed by atoms with Crippen LogP contribution in [0.3, 0.4) is 0 Å². The van der Waals surface area contributed by atoms with E-state index in [1.807, 2.05) is 26.0 Å². The van der Waals surface area contributed by atoms with Crippen molar-refractivity contribution < 1.29 is 9.84 Å². The Morgan fingerprint density at radius 1 is 1.15 bits per heavy atom. The Labute approximate surface area is 163 Å². The van der Waals surface area contributed by atoms with Gasteiger partial charge in [-0.2, -0.15) is 0 Å². The molecule has 1 aliphatic heterocycles. The summed E-state index contributed by atoms with van der Waals surface area (Å²) in [5.41, 5.74) is 3.02. The SMILES string of the molecule is CC(C)Oc1ccc2c(c1)C1C=CCC1C(c1cc(Cl)cc(Cl)c1O)N2. The zero-order valence-corrected chi connectivity index (χ0v) is 16.2. The molecule has 1 heterocycles. The quantitative estimate of drug-likeness (QED) is 0.603. The van der Waals surface area contributed by atoms with Gasteiger partial charge < -0.3 is 15.2 Å². The lowest BCUT2D eigenvalue weighted by atomic mass is 9.77. The fourth-order valence-corrected chi connectivity index (χ4v) is 4.56. The molecule has 5 heteroatoms. The Hall–Kier alpha value is -1.84. The van der Waals surface area contributed by atoms with Crippen LogP contribution in [0.2, 0.25) is 10.0 Å². The van der Waals surface area contributed by atoms with Crippen LogP contribution in [0.5, 0.6) is 11.5 Å². The number of hydrogen-bond donors (Lipinski definition) is 2. The van der Waals surface area contributed by atoms with Crippen molar-refractivity contribution in [3.05, 3.63) is 63.7 Å². The number of rotatable bonds is 3. The molecule has 3 nitrogen and oxygen atoms in total. The Morgan fingerprint density at radius 3 is 2.73 bits per heavy atom. The van der Waals surface area contributed by atoms with Crippen LogP contribution >= 0.6 is 23.2 Å². The molecule has 0 aromatic heterocycles. The summed E-state index contributed by atoms with van der Waals surface area (Å²) in [7, 11) is 0.